The lowest BCUT2D eigenvalue weighted by Gasteiger charge is -2.12. The zero-order valence-corrected chi connectivity index (χ0v) is 11.3. The van der Waals surface area contributed by atoms with Gasteiger partial charge in [0, 0.05) is 6.04 Å². The second-order valence-corrected chi connectivity index (χ2v) is 4.88. The summed E-state index contributed by atoms with van der Waals surface area (Å²) in [5.41, 5.74) is 1.38. The highest BCUT2D eigenvalue weighted by Gasteiger charge is 2.04. The molecule has 2 nitrogen and oxygen atoms in total. The van der Waals surface area contributed by atoms with Crippen LogP contribution >= 0.6 is 11.6 Å². The van der Waals surface area contributed by atoms with Gasteiger partial charge in [-0.15, -0.1) is 0 Å². The van der Waals surface area contributed by atoms with Crippen molar-refractivity contribution in [2.24, 2.45) is 0 Å². The molecule has 1 N–H and O–H groups in total. The molecule has 3 heteroatoms. The molecule has 0 spiro atoms. The lowest BCUT2D eigenvalue weighted by atomic mass is 10.1. The third kappa shape index (κ3) is 4.21. The lowest BCUT2D eigenvalue weighted by Crippen LogP contribution is -2.25. The van der Waals surface area contributed by atoms with Crippen LogP contribution in [0.4, 0.5) is 0 Å². The van der Waals surface area contributed by atoms with Crippen molar-refractivity contribution in [2.75, 3.05) is 0 Å². The number of hydrogen-bond acceptors (Lipinski definition) is 2. The first kappa shape index (κ1) is 13.2. The Morgan fingerprint density at radius 2 is 1.94 bits per heavy atom. The fourth-order valence-corrected chi connectivity index (χ4v) is 2.01. The summed E-state index contributed by atoms with van der Waals surface area (Å²) in [7, 11) is 0. The van der Waals surface area contributed by atoms with Gasteiger partial charge in [0.05, 0.1) is 6.54 Å². The molecular weight excluding hydrogens is 246 g/mol. The van der Waals surface area contributed by atoms with Crippen LogP contribution in [0.25, 0.3) is 0 Å². The van der Waals surface area contributed by atoms with E-state index >= 15 is 0 Å². The van der Waals surface area contributed by atoms with Gasteiger partial charge in [-0.25, -0.2) is 0 Å². The SMILES string of the molecule is CC(CCc1ccccc1)NCc1ccc(Cl)o1. The van der Waals surface area contributed by atoms with E-state index in [1.807, 2.05) is 12.1 Å². The van der Waals surface area contributed by atoms with E-state index < -0.39 is 0 Å². The van der Waals surface area contributed by atoms with Crippen molar-refractivity contribution in [1.29, 1.82) is 0 Å². The highest BCUT2D eigenvalue weighted by atomic mass is 35.5. The molecule has 1 heterocycles. The van der Waals surface area contributed by atoms with Gasteiger partial charge in [0.1, 0.15) is 5.76 Å². The molecule has 1 aromatic heterocycles. The number of halogens is 1. The summed E-state index contributed by atoms with van der Waals surface area (Å²) in [4.78, 5) is 0. The minimum Gasteiger partial charge on any atom is -0.448 e. The van der Waals surface area contributed by atoms with E-state index in [4.69, 9.17) is 16.0 Å². The van der Waals surface area contributed by atoms with Gasteiger partial charge in [0.25, 0.3) is 0 Å². The zero-order valence-electron chi connectivity index (χ0n) is 10.5. The Labute approximate surface area is 113 Å². The number of nitrogens with one attached hydrogen (secondary N) is 1. The van der Waals surface area contributed by atoms with Crippen LogP contribution in [0.15, 0.2) is 46.9 Å². The van der Waals surface area contributed by atoms with Crippen molar-refractivity contribution in [3.05, 3.63) is 59.0 Å². The smallest absolute Gasteiger partial charge is 0.193 e. The van der Waals surface area contributed by atoms with Crippen LogP contribution in [0.2, 0.25) is 5.22 Å². The molecule has 96 valence electrons. The Morgan fingerprint density at radius 3 is 2.61 bits per heavy atom. The van der Waals surface area contributed by atoms with E-state index in [0.29, 0.717) is 11.3 Å². The third-order valence-corrected chi connectivity index (χ3v) is 3.17. The highest BCUT2D eigenvalue weighted by Crippen LogP contribution is 2.13. The molecule has 0 aliphatic rings. The standard InChI is InChI=1S/C15H18ClNO/c1-12(7-8-13-5-3-2-4-6-13)17-11-14-9-10-15(16)18-14/h2-6,9-10,12,17H,7-8,11H2,1H3. The van der Waals surface area contributed by atoms with Gasteiger partial charge in [-0.1, -0.05) is 30.3 Å². The first-order chi connectivity index (χ1) is 8.74. The fourth-order valence-electron chi connectivity index (χ4n) is 1.85. The maximum absolute atomic E-state index is 5.72. The molecule has 2 rings (SSSR count). The Hall–Kier alpha value is -1.25. The molecule has 0 aliphatic carbocycles. The summed E-state index contributed by atoms with van der Waals surface area (Å²) < 4.78 is 5.30. The third-order valence-electron chi connectivity index (χ3n) is 2.96. The first-order valence-corrected chi connectivity index (χ1v) is 6.63. The number of hydrogen-bond donors (Lipinski definition) is 1. The first-order valence-electron chi connectivity index (χ1n) is 6.25. The molecule has 0 aliphatic heterocycles. The van der Waals surface area contributed by atoms with Crippen molar-refractivity contribution in [3.8, 4) is 0 Å². The summed E-state index contributed by atoms with van der Waals surface area (Å²) in [6.45, 7) is 2.91. The summed E-state index contributed by atoms with van der Waals surface area (Å²) in [6.07, 6.45) is 2.20. The zero-order chi connectivity index (χ0) is 12.8. The molecule has 1 aromatic carbocycles. The van der Waals surface area contributed by atoms with Crippen molar-refractivity contribution in [3.63, 3.8) is 0 Å². The number of benzene rings is 1. The molecule has 0 saturated carbocycles. The summed E-state index contributed by atoms with van der Waals surface area (Å²) in [5.74, 6) is 0.881. The normalized spacial score (nSPS) is 12.6. The molecule has 0 saturated heterocycles. The number of rotatable bonds is 6. The Morgan fingerprint density at radius 1 is 1.17 bits per heavy atom. The summed E-state index contributed by atoms with van der Waals surface area (Å²) in [6, 6.07) is 14.7. The van der Waals surface area contributed by atoms with Crippen LogP contribution in [0.1, 0.15) is 24.7 Å². The quantitative estimate of drug-likeness (QED) is 0.851. The van der Waals surface area contributed by atoms with Gasteiger partial charge < -0.3 is 9.73 Å². The maximum atomic E-state index is 5.72. The molecule has 18 heavy (non-hydrogen) atoms. The van der Waals surface area contributed by atoms with Crippen LogP contribution < -0.4 is 5.32 Å². The largest absolute Gasteiger partial charge is 0.448 e. The van der Waals surface area contributed by atoms with Crippen molar-refractivity contribution in [1.82, 2.24) is 5.32 Å². The molecule has 0 fully saturated rings. The van der Waals surface area contributed by atoms with Crippen LogP contribution in [0.3, 0.4) is 0 Å². The van der Waals surface area contributed by atoms with Crippen LogP contribution in [0.5, 0.6) is 0 Å². The predicted octanol–water partition coefficient (Wildman–Crippen LogP) is 4.04. The second kappa shape index (κ2) is 6.62. The van der Waals surface area contributed by atoms with Gasteiger partial charge in [-0.05, 0) is 49.1 Å². The molecular formula is C15H18ClNO. The van der Waals surface area contributed by atoms with Crippen molar-refractivity contribution >= 4 is 11.6 Å². The van der Waals surface area contributed by atoms with Gasteiger partial charge >= 0.3 is 0 Å². The van der Waals surface area contributed by atoms with E-state index in [2.05, 4.69) is 36.5 Å². The number of furan rings is 1. The summed E-state index contributed by atoms with van der Waals surface area (Å²) in [5, 5.41) is 3.88. The number of aryl methyl sites for hydroxylation is 1. The predicted molar refractivity (Wildman–Crippen MR) is 74.8 cm³/mol. The minimum absolute atomic E-state index is 0.448. The maximum Gasteiger partial charge on any atom is 0.193 e. The van der Waals surface area contributed by atoms with E-state index in [1.165, 1.54) is 5.56 Å². The minimum atomic E-state index is 0.448. The average molecular weight is 264 g/mol. The topological polar surface area (TPSA) is 25.2 Å². The van der Waals surface area contributed by atoms with E-state index in [-0.39, 0.29) is 0 Å². The summed E-state index contributed by atoms with van der Waals surface area (Å²) >= 11 is 5.72. The lowest BCUT2D eigenvalue weighted by molar-refractivity contribution is 0.444. The molecule has 1 unspecified atom stereocenters. The van der Waals surface area contributed by atoms with Gasteiger partial charge in [-0.3, -0.25) is 0 Å². The van der Waals surface area contributed by atoms with Crippen molar-refractivity contribution in [2.45, 2.75) is 32.4 Å². The monoisotopic (exact) mass is 263 g/mol. The highest BCUT2D eigenvalue weighted by molar-refractivity contribution is 6.28. The average Bonchev–Trinajstić information content (AvgIpc) is 2.81. The van der Waals surface area contributed by atoms with Gasteiger partial charge in [-0.2, -0.15) is 0 Å². The van der Waals surface area contributed by atoms with Crippen LogP contribution in [-0.4, -0.2) is 6.04 Å². The molecule has 0 bridgehead atoms. The second-order valence-electron chi connectivity index (χ2n) is 4.51. The van der Waals surface area contributed by atoms with Gasteiger partial charge in [0.15, 0.2) is 5.22 Å². The van der Waals surface area contributed by atoms with Crippen LogP contribution in [0, 0.1) is 0 Å². The van der Waals surface area contributed by atoms with Crippen molar-refractivity contribution < 1.29 is 4.42 Å². The van der Waals surface area contributed by atoms with E-state index in [0.717, 1.165) is 25.1 Å². The molecule has 1 atom stereocenters. The van der Waals surface area contributed by atoms with Gasteiger partial charge in [0.2, 0.25) is 0 Å². The Balaban J connectivity index is 1.71. The fraction of sp³-hybridized carbons (Fsp3) is 0.333. The molecule has 0 amide bonds. The van der Waals surface area contributed by atoms with E-state index in [9.17, 15) is 0 Å². The van der Waals surface area contributed by atoms with E-state index in [1.54, 1.807) is 6.07 Å². The molecule has 2 aromatic rings. The Kier molecular flexibility index (Phi) is 4.85. The Bertz CT molecular complexity index is 466. The van der Waals surface area contributed by atoms with Crippen LogP contribution in [-0.2, 0) is 13.0 Å². The molecule has 0 radical (unpaired) electrons.